The molecular weight excluding hydrogens is 244 g/mol. The van der Waals surface area contributed by atoms with Gasteiger partial charge in [0.25, 0.3) is 0 Å². The van der Waals surface area contributed by atoms with Crippen LogP contribution >= 0.6 is 0 Å². The van der Waals surface area contributed by atoms with Gasteiger partial charge in [0.15, 0.2) is 0 Å². The Kier molecular flexibility index (Phi) is 3.41. The van der Waals surface area contributed by atoms with E-state index in [9.17, 15) is 13.2 Å². The quantitative estimate of drug-likeness (QED) is 0.645. The van der Waals surface area contributed by atoms with E-state index in [0.29, 0.717) is 18.6 Å². The maximum atomic E-state index is 12.6. The van der Waals surface area contributed by atoms with Gasteiger partial charge < -0.3 is 4.74 Å². The Balaban J connectivity index is 0.00000112. The van der Waals surface area contributed by atoms with Crippen LogP contribution in [0.15, 0.2) is 6.07 Å². The van der Waals surface area contributed by atoms with Gasteiger partial charge in [-0.1, -0.05) is 12.5 Å². The third kappa shape index (κ3) is 2.32. The van der Waals surface area contributed by atoms with Crippen molar-refractivity contribution in [3.63, 3.8) is 0 Å². The molecule has 0 bridgehead atoms. The normalized spacial score (nSPS) is 14.1. The van der Waals surface area contributed by atoms with E-state index in [-0.39, 0.29) is 29.9 Å². The summed E-state index contributed by atoms with van der Waals surface area (Å²) >= 11 is 0. The van der Waals surface area contributed by atoms with Crippen molar-refractivity contribution in [1.82, 2.24) is 0 Å². The molecule has 0 aliphatic carbocycles. The van der Waals surface area contributed by atoms with Gasteiger partial charge in [0.2, 0.25) is 0 Å². The summed E-state index contributed by atoms with van der Waals surface area (Å²) in [5, 5.41) is 0. The molecule has 1 aliphatic rings. The predicted octanol–water partition coefficient (Wildman–Crippen LogP) is 2.75. The summed E-state index contributed by atoms with van der Waals surface area (Å²) in [4.78, 5) is 0. The smallest absolute Gasteiger partial charge is 0.395 e. The van der Waals surface area contributed by atoms with Gasteiger partial charge in [-0.2, -0.15) is 24.8 Å². The fourth-order valence-corrected chi connectivity index (χ4v) is 1.60. The number of aryl methyl sites for hydroxylation is 1. The van der Waals surface area contributed by atoms with E-state index in [1.165, 1.54) is 0 Å². The minimum atomic E-state index is -4.29. The molecule has 81 valence electrons. The summed E-state index contributed by atoms with van der Waals surface area (Å²) in [5.41, 5.74) is 0.113. The Hall–Kier alpha value is -0.606. The molecule has 0 N–H and O–H groups in total. The SMILES string of the molecule is Cc1[c-]c2c(c(C(F)(F)F)c1)CCO2.[V]. The Morgan fingerprint density at radius 1 is 1.40 bits per heavy atom. The van der Waals surface area contributed by atoms with E-state index in [0.717, 1.165) is 6.07 Å². The Morgan fingerprint density at radius 3 is 2.67 bits per heavy atom. The number of halogens is 3. The van der Waals surface area contributed by atoms with Gasteiger partial charge in [-0.3, -0.25) is 0 Å². The largest absolute Gasteiger partial charge is 0.520 e. The molecule has 15 heavy (non-hydrogen) atoms. The van der Waals surface area contributed by atoms with Gasteiger partial charge in [0.1, 0.15) is 0 Å². The molecule has 0 saturated heterocycles. The van der Waals surface area contributed by atoms with Crippen LogP contribution in [-0.4, -0.2) is 6.61 Å². The molecule has 0 fully saturated rings. The first-order chi connectivity index (χ1) is 6.48. The van der Waals surface area contributed by atoms with E-state index < -0.39 is 11.7 Å². The molecular formula is C10H8F3OV-. The average Bonchev–Trinajstić information content (AvgIpc) is 2.47. The average molecular weight is 252 g/mol. The van der Waals surface area contributed by atoms with E-state index in [1.54, 1.807) is 6.92 Å². The molecule has 0 saturated carbocycles. The summed E-state index contributed by atoms with van der Waals surface area (Å²) in [7, 11) is 0. The zero-order valence-corrected chi connectivity index (χ0v) is 9.38. The summed E-state index contributed by atoms with van der Waals surface area (Å²) < 4.78 is 42.7. The third-order valence-electron chi connectivity index (χ3n) is 2.17. The van der Waals surface area contributed by atoms with E-state index >= 15 is 0 Å². The maximum Gasteiger partial charge on any atom is 0.395 e. The van der Waals surface area contributed by atoms with Gasteiger partial charge in [-0.05, 0) is 12.0 Å². The summed E-state index contributed by atoms with van der Waals surface area (Å²) in [6.45, 7) is 1.90. The molecule has 1 aromatic carbocycles. The van der Waals surface area contributed by atoms with Crippen molar-refractivity contribution in [2.24, 2.45) is 0 Å². The second kappa shape index (κ2) is 4.10. The zero-order chi connectivity index (χ0) is 10.3. The van der Waals surface area contributed by atoms with E-state index in [4.69, 9.17) is 4.74 Å². The van der Waals surface area contributed by atoms with Crippen LogP contribution in [0.5, 0.6) is 5.75 Å². The number of rotatable bonds is 0. The fraction of sp³-hybridized carbons (Fsp3) is 0.400. The van der Waals surface area contributed by atoms with Crippen molar-refractivity contribution >= 4 is 0 Å². The fourth-order valence-electron chi connectivity index (χ4n) is 1.60. The van der Waals surface area contributed by atoms with Crippen LogP contribution in [0.2, 0.25) is 0 Å². The maximum absolute atomic E-state index is 12.6. The summed E-state index contributed by atoms with van der Waals surface area (Å²) in [5.74, 6) is 0.261. The van der Waals surface area contributed by atoms with Gasteiger partial charge in [-0.25, -0.2) is 0 Å². The molecule has 0 unspecified atom stereocenters. The summed E-state index contributed by atoms with van der Waals surface area (Å²) in [6, 6.07) is 3.90. The predicted molar refractivity (Wildman–Crippen MR) is 44.2 cm³/mol. The Labute approximate surface area is 97.5 Å². The molecule has 0 spiro atoms. The topological polar surface area (TPSA) is 9.23 Å². The van der Waals surface area contributed by atoms with Crippen LogP contribution in [0.4, 0.5) is 13.2 Å². The standard InChI is InChI=1S/C10H8F3O.V/c1-6-4-8(10(11,12)13)7-2-3-14-9(7)5-6;/h4H,2-3H2,1H3;/q-1;. The van der Waals surface area contributed by atoms with E-state index in [1.807, 2.05) is 0 Å². The Morgan fingerprint density at radius 2 is 2.07 bits per heavy atom. The van der Waals surface area contributed by atoms with Crippen molar-refractivity contribution < 1.29 is 36.5 Å². The molecule has 1 aliphatic heterocycles. The van der Waals surface area contributed by atoms with Crippen molar-refractivity contribution in [3.05, 3.63) is 28.8 Å². The first kappa shape index (κ1) is 12.5. The van der Waals surface area contributed by atoms with Crippen LogP contribution in [0.3, 0.4) is 0 Å². The number of alkyl halides is 3. The number of hydrogen-bond acceptors (Lipinski definition) is 1. The molecule has 0 atom stereocenters. The van der Waals surface area contributed by atoms with Crippen LogP contribution in [-0.2, 0) is 31.2 Å². The van der Waals surface area contributed by atoms with Gasteiger partial charge >= 0.3 is 6.18 Å². The first-order valence-corrected chi connectivity index (χ1v) is 4.24. The number of benzene rings is 1. The molecule has 2 rings (SSSR count). The minimum Gasteiger partial charge on any atom is -0.520 e. The molecule has 1 radical (unpaired) electrons. The van der Waals surface area contributed by atoms with Crippen molar-refractivity contribution in [1.29, 1.82) is 0 Å². The second-order valence-corrected chi connectivity index (χ2v) is 3.27. The van der Waals surface area contributed by atoms with Crippen molar-refractivity contribution in [2.45, 2.75) is 19.5 Å². The van der Waals surface area contributed by atoms with E-state index in [2.05, 4.69) is 6.07 Å². The second-order valence-electron chi connectivity index (χ2n) is 3.27. The number of hydrogen-bond donors (Lipinski definition) is 0. The monoisotopic (exact) mass is 252 g/mol. The van der Waals surface area contributed by atoms with Crippen molar-refractivity contribution in [3.8, 4) is 5.75 Å². The minimum absolute atomic E-state index is 0. The van der Waals surface area contributed by atoms with Crippen LogP contribution in [0.1, 0.15) is 16.7 Å². The number of fused-ring (bicyclic) bond motifs is 1. The molecule has 1 nitrogen and oxygen atoms in total. The van der Waals surface area contributed by atoms with Gasteiger partial charge in [-0.15, -0.1) is 6.07 Å². The molecule has 1 heterocycles. The molecule has 0 aromatic heterocycles. The molecule has 5 heteroatoms. The first-order valence-electron chi connectivity index (χ1n) is 4.24. The molecule has 1 aromatic rings. The third-order valence-corrected chi connectivity index (χ3v) is 2.17. The van der Waals surface area contributed by atoms with Crippen LogP contribution < -0.4 is 4.74 Å². The van der Waals surface area contributed by atoms with Gasteiger partial charge in [0, 0.05) is 24.3 Å². The summed E-state index contributed by atoms with van der Waals surface area (Å²) in [6.07, 6.45) is -3.97. The van der Waals surface area contributed by atoms with Crippen molar-refractivity contribution in [2.75, 3.05) is 6.61 Å². The zero-order valence-electron chi connectivity index (χ0n) is 7.98. The van der Waals surface area contributed by atoms with Crippen LogP contribution in [0, 0.1) is 13.0 Å². The Bertz CT molecular complexity index is 374. The van der Waals surface area contributed by atoms with Gasteiger partial charge in [0.05, 0.1) is 6.61 Å². The molecule has 0 amide bonds. The van der Waals surface area contributed by atoms with Crippen LogP contribution in [0.25, 0.3) is 0 Å². The number of ether oxygens (including phenoxy) is 1.